The molecule has 144 valence electrons. The Hall–Kier alpha value is -1.81. The Morgan fingerprint density at radius 3 is 2.12 bits per heavy atom. The Labute approximate surface area is 149 Å². The maximum Gasteiger partial charge on any atom is 0.573 e. The Morgan fingerprint density at radius 1 is 1.12 bits per heavy atom. The Balaban J connectivity index is 1.53. The number of sulfonamides is 1. The van der Waals surface area contributed by atoms with Crippen LogP contribution in [0.5, 0.6) is 5.75 Å². The first kappa shape index (κ1) is 19.0. The summed E-state index contributed by atoms with van der Waals surface area (Å²) in [7, 11) is -4.01. The van der Waals surface area contributed by atoms with E-state index in [4.69, 9.17) is 0 Å². The lowest BCUT2D eigenvalue weighted by Gasteiger charge is -2.17. The third-order valence-electron chi connectivity index (χ3n) is 4.38. The summed E-state index contributed by atoms with van der Waals surface area (Å²) >= 11 is 0. The largest absolute Gasteiger partial charge is 0.573 e. The molecule has 0 heterocycles. The minimum Gasteiger partial charge on any atom is -0.406 e. The van der Waals surface area contributed by atoms with Crippen LogP contribution in [0, 0.1) is 11.8 Å². The molecule has 6 nitrogen and oxygen atoms in total. The Morgan fingerprint density at radius 2 is 1.65 bits per heavy atom. The van der Waals surface area contributed by atoms with Crippen LogP contribution in [0.25, 0.3) is 0 Å². The van der Waals surface area contributed by atoms with E-state index in [1.54, 1.807) is 0 Å². The van der Waals surface area contributed by atoms with Crippen molar-refractivity contribution in [3.05, 3.63) is 24.3 Å². The summed E-state index contributed by atoms with van der Waals surface area (Å²) in [6.45, 7) is -0.418. The van der Waals surface area contributed by atoms with E-state index >= 15 is 0 Å². The van der Waals surface area contributed by atoms with E-state index in [9.17, 15) is 26.4 Å². The fourth-order valence-electron chi connectivity index (χ4n) is 2.83. The smallest absolute Gasteiger partial charge is 0.406 e. The van der Waals surface area contributed by atoms with Gasteiger partial charge in [-0.1, -0.05) is 0 Å². The van der Waals surface area contributed by atoms with Crippen molar-refractivity contribution in [2.45, 2.75) is 43.0 Å². The van der Waals surface area contributed by atoms with Crippen LogP contribution in [0.4, 0.5) is 13.2 Å². The summed E-state index contributed by atoms with van der Waals surface area (Å²) < 4.78 is 66.5. The highest BCUT2D eigenvalue weighted by atomic mass is 32.2. The summed E-state index contributed by atoms with van der Waals surface area (Å²) in [6.07, 6.45) is -0.519. The molecule has 0 saturated heterocycles. The third-order valence-corrected chi connectivity index (χ3v) is 5.79. The number of benzene rings is 1. The summed E-state index contributed by atoms with van der Waals surface area (Å²) in [5.74, 6) is 0.0498. The van der Waals surface area contributed by atoms with E-state index in [1.165, 1.54) is 0 Å². The highest BCUT2D eigenvalue weighted by Gasteiger charge is 2.42. The summed E-state index contributed by atoms with van der Waals surface area (Å²) in [4.78, 5) is 11.8. The molecule has 0 aromatic heterocycles. The topological polar surface area (TPSA) is 84.5 Å². The minimum absolute atomic E-state index is 0.116. The van der Waals surface area contributed by atoms with E-state index in [-0.39, 0.29) is 10.9 Å². The predicted molar refractivity (Wildman–Crippen MR) is 85.7 cm³/mol. The fraction of sp³-hybridized carbons (Fsp3) is 0.562. The Bertz CT molecular complexity index is 745. The van der Waals surface area contributed by atoms with Crippen molar-refractivity contribution in [3.8, 4) is 5.75 Å². The first-order valence-electron chi connectivity index (χ1n) is 8.29. The van der Waals surface area contributed by atoms with Gasteiger partial charge in [0.15, 0.2) is 0 Å². The number of alkyl halides is 3. The SMILES string of the molecule is O=C(CNS(=O)(=O)c1ccc(OC(F)(F)F)cc1)NC(C1CC1)C1CC1. The number of amides is 1. The molecule has 2 aliphatic carbocycles. The van der Waals surface area contributed by atoms with Crippen molar-refractivity contribution >= 4 is 15.9 Å². The van der Waals surface area contributed by atoms with Gasteiger partial charge in [0.05, 0.1) is 11.4 Å². The van der Waals surface area contributed by atoms with Crippen LogP contribution in [0.3, 0.4) is 0 Å². The van der Waals surface area contributed by atoms with E-state index in [0.29, 0.717) is 11.8 Å². The molecule has 26 heavy (non-hydrogen) atoms. The number of carbonyl (C=O) groups excluding carboxylic acids is 1. The first-order valence-corrected chi connectivity index (χ1v) is 9.77. The summed E-state index contributed by atoms with van der Waals surface area (Å²) in [5.41, 5.74) is 0. The summed E-state index contributed by atoms with van der Waals surface area (Å²) in [6, 6.07) is 3.89. The van der Waals surface area contributed by atoms with Crippen LogP contribution in [-0.4, -0.2) is 33.3 Å². The van der Waals surface area contributed by atoms with Gasteiger partial charge in [-0.3, -0.25) is 4.79 Å². The van der Waals surface area contributed by atoms with Crippen molar-refractivity contribution < 1.29 is 31.1 Å². The number of rotatable bonds is 8. The van der Waals surface area contributed by atoms with E-state index in [0.717, 1.165) is 49.9 Å². The summed E-state index contributed by atoms with van der Waals surface area (Å²) in [5, 5.41) is 2.89. The lowest BCUT2D eigenvalue weighted by atomic mass is 10.1. The molecule has 0 atom stereocenters. The normalized spacial score (nSPS) is 18.0. The highest BCUT2D eigenvalue weighted by molar-refractivity contribution is 7.89. The standard InChI is InChI=1S/C16H19F3N2O4S/c17-16(18,19)25-12-5-7-13(8-6-12)26(23,24)20-9-14(22)21-15(10-1-2-10)11-3-4-11/h5-8,10-11,15,20H,1-4,9H2,(H,21,22). The predicted octanol–water partition coefficient (Wildman–Crippen LogP) is 2.17. The first-order chi connectivity index (χ1) is 12.1. The second-order valence-electron chi connectivity index (χ2n) is 6.61. The second-order valence-corrected chi connectivity index (χ2v) is 8.38. The maximum absolute atomic E-state index is 12.2. The molecule has 1 amide bonds. The van der Waals surface area contributed by atoms with Gasteiger partial charge >= 0.3 is 6.36 Å². The van der Waals surface area contributed by atoms with Gasteiger partial charge in [0.2, 0.25) is 15.9 Å². The van der Waals surface area contributed by atoms with Crippen molar-refractivity contribution in [2.75, 3.05) is 6.54 Å². The van der Waals surface area contributed by atoms with E-state index < -0.39 is 34.6 Å². The molecule has 2 fully saturated rings. The van der Waals surface area contributed by atoms with Gasteiger partial charge in [0.25, 0.3) is 0 Å². The van der Waals surface area contributed by atoms with Crippen LogP contribution >= 0.6 is 0 Å². The van der Waals surface area contributed by atoms with E-state index in [1.807, 2.05) is 0 Å². The molecule has 3 rings (SSSR count). The molecule has 2 saturated carbocycles. The van der Waals surface area contributed by atoms with Crippen molar-refractivity contribution in [3.63, 3.8) is 0 Å². The Kier molecular flexibility index (Phi) is 5.16. The molecule has 2 N–H and O–H groups in total. The monoisotopic (exact) mass is 392 g/mol. The molecule has 0 radical (unpaired) electrons. The van der Waals surface area contributed by atoms with Crippen molar-refractivity contribution in [2.24, 2.45) is 11.8 Å². The molecule has 1 aromatic rings. The molecule has 0 spiro atoms. The number of carbonyl (C=O) groups is 1. The van der Waals surface area contributed by atoms with Gasteiger partial charge < -0.3 is 10.1 Å². The maximum atomic E-state index is 12.2. The number of nitrogens with one attached hydrogen (secondary N) is 2. The van der Waals surface area contributed by atoms with Crippen LogP contribution in [-0.2, 0) is 14.8 Å². The zero-order chi connectivity index (χ0) is 18.9. The third kappa shape index (κ3) is 5.34. The average Bonchev–Trinajstić information content (AvgIpc) is 3.43. The van der Waals surface area contributed by atoms with Gasteiger partial charge in [-0.05, 0) is 61.8 Å². The highest BCUT2D eigenvalue weighted by Crippen LogP contribution is 2.44. The van der Waals surface area contributed by atoms with Crippen LogP contribution in [0.2, 0.25) is 0 Å². The molecule has 2 aliphatic rings. The van der Waals surface area contributed by atoms with Gasteiger partial charge in [-0.2, -0.15) is 0 Å². The molecule has 0 unspecified atom stereocenters. The van der Waals surface area contributed by atoms with Gasteiger partial charge in [-0.15, -0.1) is 13.2 Å². The molecule has 10 heteroatoms. The van der Waals surface area contributed by atoms with Crippen LogP contribution in [0.1, 0.15) is 25.7 Å². The molecule has 0 aliphatic heterocycles. The fourth-order valence-corrected chi connectivity index (χ4v) is 3.81. The second kappa shape index (κ2) is 7.07. The number of hydrogen-bond donors (Lipinski definition) is 2. The zero-order valence-electron chi connectivity index (χ0n) is 13.8. The van der Waals surface area contributed by atoms with Gasteiger partial charge in [0, 0.05) is 6.04 Å². The molecule has 0 bridgehead atoms. The lowest BCUT2D eigenvalue weighted by Crippen LogP contribution is -2.43. The van der Waals surface area contributed by atoms with Crippen LogP contribution in [0.15, 0.2) is 29.2 Å². The number of halogens is 3. The van der Waals surface area contributed by atoms with Crippen LogP contribution < -0.4 is 14.8 Å². The lowest BCUT2D eigenvalue weighted by molar-refractivity contribution is -0.274. The molecular formula is C16H19F3N2O4S. The van der Waals surface area contributed by atoms with Gasteiger partial charge in [0.1, 0.15) is 5.75 Å². The zero-order valence-corrected chi connectivity index (χ0v) is 14.6. The van der Waals surface area contributed by atoms with E-state index in [2.05, 4.69) is 14.8 Å². The average molecular weight is 392 g/mol. The van der Waals surface area contributed by atoms with Crippen molar-refractivity contribution in [1.82, 2.24) is 10.0 Å². The number of ether oxygens (including phenoxy) is 1. The molecular weight excluding hydrogens is 373 g/mol. The quantitative estimate of drug-likeness (QED) is 0.710. The minimum atomic E-state index is -4.85. The van der Waals surface area contributed by atoms with Gasteiger partial charge in [-0.25, -0.2) is 13.1 Å². The number of hydrogen-bond acceptors (Lipinski definition) is 4. The van der Waals surface area contributed by atoms with Crippen molar-refractivity contribution in [1.29, 1.82) is 0 Å². The molecule has 1 aromatic carbocycles.